The van der Waals surface area contributed by atoms with E-state index < -0.39 is 10.9 Å². The third kappa shape index (κ3) is 4.89. The van der Waals surface area contributed by atoms with E-state index in [2.05, 4.69) is 25.9 Å². The zero-order valence-corrected chi connectivity index (χ0v) is 16.5. The Morgan fingerprint density at radius 1 is 1.39 bits per heavy atom. The van der Waals surface area contributed by atoms with Gasteiger partial charge in [-0.25, -0.2) is 4.79 Å². The van der Waals surface area contributed by atoms with Crippen molar-refractivity contribution in [2.45, 2.75) is 20.3 Å². The number of nitro groups is 1. The van der Waals surface area contributed by atoms with Gasteiger partial charge in [0.1, 0.15) is 5.56 Å². The molecule has 1 aromatic heterocycles. The number of ether oxygens (including phenoxy) is 1. The van der Waals surface area contributed by atoms with Gasteiger partial charge in [0.25, 0.3) is 0 Å². The van der Waals surface area contributed by atoms with Crippen LogP contribution in [-0.4, -0.2) is 31.1 Å². The Balaban J connectivity index is 2.31. The highest BCUT2D eigenvalue weighted by Crippen LogP contribution is 2.37. The van der Waals surface area contributed by atoms with Crippen LogP contribution in [0.3, 0.4) is 0 Å². The van der Waals surface area contributed by atoms with E-state index in [-0.39, 0.29) is 15.6 Å². The minimum Gasteiger partial charge on any atom is -0.465 e. The third-order valence-electron chi connectivity index (χ3n) is 3.95. The molecule has 0 aliphatic rings. The van der Waals surface area contributed by atoms with Crippen LogP contribution in [0.15, 0.2) is 34.5 Å². The first kappa shape index (κ1) is 21.0. The molecular weight excluding hydrogens is 382 g/mol. The van der Waals surface area contributed by atoms with E-state index in [1.807, 2.05) is 26.0 Å². The van der Waals surface area contributed by atoms with E-state index in [1.165, 1.54) is 7.11 Å². The average molecular weight is 401 g/mol. The zero-order valence-electron chi connectivity index (χ0n) is 15.7. The van der Waals surface area contributed by atoms with Gasteiger partial charge in [0.15, 0.2) is 5.00 Å². The van der Waals surface area contributed by atoms with E-state index in [9.17, 15) is 14.9 Å². The van der Waals surface area contributed by atoms with Gasteiger partial charge in [-0.2, -0.15) is 5.26 Å². The first-order valence-electron chi connectivity index (χ1n) is 8.42. The van der Waals surface area contributed by atoms with Crippen molar-refractivity contribution in [3.63, 3.8) is 0 Å². The fraction of sp³-hybridized carbons (Fsp3) is 0.333. The van der Waals surface area contributed by atoms with Crippen molar-refractivity contribution < 1.29 is 14.5 Å². The molecule has 28 heavy (non-hydrogen) atoms. The van der Waals surface area contributed by atoms with Gasteiger partial charge in [-0.15, -0.1) is 10.2 Å². The quantitative estimate of drug-likeness (QED) is 0.268. The summed E-state index contributed by atoms with van der Waals surface area (Å²) < 4.78 is 4.65. The van der Waals surface area contributed by atoms with Crippen molar-refractivity contribution in [3.05, 3.63) is 45.5 Å². The number of carbonyl (C=O) groups excluding carboxylic acids is 1. The highest BCUT2D eigenvalue weighted by atomic mass is 32.1. The van der Waals surface area contributed by atoms with Crippen LogP contribution in [0.25, 0.3) is 0 Å². The molecule has 0 saturated heterocycles. The second kappa shape index (κ2) is 9.57. The second-order valence-corrected chi connectivity index (χ2v) is 6.72. The Morgan fingerprint density at radius 3 is 2.71 bits per heavy atom. The summed E-state index contributed by atoms with van der Waals surface area (Å²) in [6.07, 6.45) is 0.432. The molecule has 1 heterocycles. The molecule has 0 aliphatic heterocycles. The molecule has 1 aromatic carbocycles. The monoisotopic (exact) mass is 401 g/mol. The first-order valence-corrected chi connectivity index (χ1v) is 9.23. The molecule has 0 radical (unpaired) electrons. The van der Waals surface area contributed by atoms with Crippen LogP contribution in [0.4, 0.5) is 21.4 Å². The number of thiophene rings is 1. The number of benzene rings is 1. The number of rotatable bonds is 8. The minimum atomic E-state index is -0.707. The second-order valence-electron chi connectivity index (χ2n) is 5.71. The molecule has 0 atom stereocenters. The van der Waals surface area contributed by atoms with Gasteiger partial charge in [-0.3, -0.25) is 10.1 Å². The van der Waals surface area contributed by atoms with Gasteiger partial charge in [-0.1, -0.05) is 0 Å². The Labute approximate surface area is 166 Å². The smallest absolute Gasteiger partial charge is 0.341 e. The molecule has 146 valence electrons. The highest BCUT2D eigenvalue weighted by Gasteiger charge is 2.22. The number of carbonyl (C=O) groups is 1. The standard InChI is InChI=1S/C18H19N5O4S/c1-4-22(9-5-8-19)13-6-7-15(12(2)10-13)20-21-17-14(18(24)27-3)11-16(28-17)23(25)26/h6-7,10-11H,4-5,9H2,1-3H3. The van der Waals surface area contributed by atoms with Crippen LogP contribution in [0, 0.1) is 28.4 Å². The lowest BCUT2D eigenvalue weighted by Crippen LogP contribution is -2.23. The molecule has 2 rings (SSSR count). The number of nitrogens with zero attached hydrogens (tertiary/aromatic N) is 5. The molecule has 0 unspecified atom stereocenters. The van der Waals surface area contributed by atoms with Crippen LogP contribution in [0.5, 0.6) is 0 Å². The number of anilines is 1. The lowest BCUT2D eigenvalue weighted by Gasteiger charge is -2.22. The molecule has 0 N–H and O–H groups in total. The van der Waals surface area contributed by atoms with Gasteiger partial charge in [0, 0.05) is 24.8 Å². The van der Waals surface area contributed by atoms with Crippen molar-refractivity contribution in [2.75, 3.05) is 25.1 Å². The molecular formula is C18H19N5O4S. The lowest BCUT2D eigenvalue weighted by atomic mass is 10.1. The summed E-state index contributed by atoms with van der Waals surface area (Å²) in [4.78, 5) is 24.3. The van der Waals surface area contributed by atoms with Crippen molar-refractivity contribution in [2.24, 2.45) is 10.2 Å². The van der Waals surface area contributed by atoms with Crippen LogP contribution in [-0.2, 0) is 4.74 Å². The normalized spacial score (nSPS) is 10.6. The fourth-order valence-corrected chi connectivity index (χ4v) is 3.27. The van der Waals surface area contributed by atoms with Gasteiger partial charge >= 0.3 is 11.0 Å². The lowest BCUT2D eigenvalue weighted by molar-refractivity contribution is -0.380. The zero-order chi connectivity index (χ0) is 20.7. The Bertz CT molecular complexity index is 948. The number of methoxy groups -OCH3 is 1. The summed E-state index contributed by atoms with van der Waals surface area (Å²) in [6, 6.07) is 8.86. The van der Waals surface area contributed by atoms with E-state index >= 15 is 0 Å². The number of nitriles is 1. The van der Waals surface area contributed by atoms with E-state index in [4.69, 9.17) is 5.26 Å². The van der Waals surface area contributed by atoms with Crippen LogP contribution in [0.1, 0.15) is 29.3 Å². The summed E-state index contributed by atoms with van der Waals surface area (Å²) >= 11 is 0.758. The molecule has 9 nitrogen and oxygen atoms in total. The molecule has 2 aromatic rings. The van der Waals surface area contributed by atoms with E-state index in [1.54, 1.807) is 6.07 Å². The molecule has 0 spiro atoms. The number of hydrogen-bond donors (Lipinski definition) is 0. The fourth-order valence-electron chi connectivity index (χ4n) is 2.49. The highest BCUT2D eigenvalue weighted by molar-refractivity contribution is 7.19. The molecule has 0 amide bonds. The van der Waals surface area contributed by atoms with Gasteiger partial charge in [0.05, 0.1) is 30.2 Å². The predicted octanol–water partition coefficient (Wildman–Crippen LogP) is 4.91. The van der Waals surface area contributed by atoms with Gasteiger partial charge in [0.2, 0.25) is 0 Å². The molecule has 10 heteroatoms. The molecule has 0 fully saturated rings. The number of azo groups is 1. The first-order chi connectivity index (χ1) is 13.4. The number of aryl methyl sites for hydroxylation is 1. The van der Waals surface area contributed by atoms with Crippen molar-refractivity contribution >= 4 is 38.7 Å². The molecule has 0 aliphatic carbocycles. The summed E-state index contributed by atoms with van der Waals surface area (Å²) in [7, 11) is 1.20. The maximum absolute atomic E-state index is 11.8. The minimum absolute atomic E-state index is 0.00545. The summed E-state index contributed by atoms with van der Waals surface area (Å²) in [5, 5.41) is 27.8. The summed E-state index contributed by atoms with van der Waals surface area (Å²) in [5.74, 6) is -0.707. The largest absolute Gasteiger partial charge is 0.465 e. The Kier molecular flexibility index (Phi) is 7.17. The van der Waals surface area contributed by atoms with E-state index in [0.29, 0.717) is 18.7 Å². The van der Waals surface area contributed by atoms with Crippen LogP contribution < -0.4 is 4.90 Å². The van der Waals surface area contributed by atoms with Gasteiger partial charge < -0.3 is 9.64 Å². The Morgan fingerprint density at radius 2 is 2.14 bits per heavy atom. The van der Waals surface area contributed by atoms with Crippen LogP contribution >= 0.6 is 11.3 Å². The topological polar surface area (TPSA) is 121 Å². The van der Waals surface area contributed by atoms with Crippen molar-refractivity contribution in [1.29, 1.82) is 5.26 Å². The van der Waals surface area contributed by atoms with Crippen molar-refractivity contribution in [3.8, 4) is 6.07 Å². The summed E-state index contributed by atoms with van der Waals surface area (Å²) in [6.45, 7) is 5.28. The average Bonchev–Trinajstić information content (AvgIpc) is 3.12. The molecule has 0 bridgehead atoms. The number of esters is 1. The summed E-state index contributed by atoms with van der Waals surface area (Å²) in [5.41, 5.74) is 2.40. The maximum atomic E-state index is 11.8. The van der Waals surface area contributed by atoms with E-state index in [0.717, 1.165) is 35.2 Å². The van der Waals surface area contributed by atoms with Crippen molar-refractivity contribution in [1.82, 2.24) is 0 Å². The number of hydrogen-bond acceptors (Lipinski definition) is 9. The van der Waals surface area contributed by atoms with Gasteiger partial charge in [-0.05, 0) is 48.9 Å². The maximum Gasteiger partial charge on any atom is 0.341 e. The van der Waals surface area contributed by atoms with Crippen LogP contribution in [0.2, 0.25) is 0 Å². The SMILES string of the molecule is CCN(CCC#N)c1ccc(N=Nc2sc([N+](=O)[O-])cc2C(=O)OC)c(C)c1. The molecule has 0 saturated carbocycles. The Hall–Kier alpha value is -3.32. The predicted molar refractivity (Wildman–Crippen MR) is 106 cm³/mol. The third-order valence-corrected chi connectivity index (χ3v) is 4.93.